The summed E-state index contributed by atoms with van der Waals surface area (Å²) >= 11 is 1.79. The lowest BCUT2D eigenvalue weighted by molar-refractivity contribution is 0.112. The highest BCUT2D eigenvalue weighted by atomic mass is 32.1. The molecule has 0 aliphatic heterocycles. The topological polar surface area (TPSA) is 12.5 Å². The molecule has 0 amide bonds. The predicted octanol–water partition coefficient (Wildman–Crippen LogP) is 3.42. The first kappa shape index (κ1) is 15.1. The van der Waals surface area contributed by atoms with E-state index in [1.54, 1.807) is 11.3 Å². The van der Waals surface area contributed by atoms with Gasteiger partial charge in [-0.25, -0.2) is 0 Å². The first-order chi connectivity index (χ1) is 9.83. The van der Waals surface area contributed by atoms with Crippen LogP contribution < -0.4 is 0 Å². The van der Waals surface area contributed by atoms with Gasteiger partial charge in [0.15, 0.2) is 0 Å². The van der Waals surface area contributed by atoms with Crippen LogP contribution in [0.1, 0.15) is 12.5 Å². The van der Waals surface area contributed by atoms with E-state index in [4.69, 9.17) is 11.2 Å². The van der Waals surface area contributed by atoms with E-state index >= 15 is 0 Å². The van der Waals surface area contributed by atoms with Gasteiger partial charge >= 0.3 is 0 Å². The lowest BCUT2D eigenvalue weighted by Crippen LogP contribution is -2.28. The van der Waals surface area contributed by atoms with Crippen molar-refractivity contribution in [1.82, 2.24) is 4.90 Å². The second-order valence-electron chi connectivity index (χ2n) is 4.73. The van der Waals surface area contributed by atoms with Gasteiger partial charge in [-0.15, -0.1) is 17.8 Å². The minimum Gasteiger partial charge on any atom is -0.380 e. The van der Waals surface area contributed by atoms with Crippen LogP contribution in [-0.4, -0.2) is 37.7 Å². The Morgan fingerprint density at radius 3 is 3.00 bits per heavy atom. The van der Waals surface area contributed by atoms with Gasteiger partial charge in [-0.2, -0.15) is 0 Å². The molecule has 0 bridgehead atoms. The minimum atomic E-state index is 0.703. The third-order valence-corrected chi connectivity index (χ3v) is 4.26. The number of fused-ring (bicyclic) bond motifs is 1. The molecule has 0 aliphatic carbocycles. The van der Waals surface area contributed by atoms with Gasteiger partial charge in [0.2, 0.25) is 0 Å². The Kier molecular flexibility index (Phi) is 6.07. The van der Waals surface area contributed by atoms with Crippen LogP contribution >= 0.6 is 11.3 Å². The highest BCUT2D eigenvalue weighted by molar-refractivity contribution is 7.17. The summed E-state index contributed by atoms with van der Waals surface area (Å²) in [6.07, 6.45) is 6.28. The highest BCUT2D eigenvalue weighted by Crippen LogP contribution is 2.21. The molecule has 0 aliphatic rings. The Morgan fingerprint density at radius 2 is 2.20 bits per heavy atom. The summed E-state index contributed by atoms with van der Waals surface area (Å²) in [7, 11) is 0. The first-order valence-electron chi connectivity index (χ1n) is 7.03. The number of ether oxygens (including phenoxy) is 1. The fourth-order valence-electron chi connectivity index (χ4n) is 2.14. The van der Waals surface area contributed by atoms with Crippen LogP contribution in [0.4, 0.5) is 0 Å². The van der Waals surface area contributed by atoms with Crippen LogP contribution in [0.5, 0.6) is 0 Å². The van der Waals surface area contributed by atoms with Crippen molar-refractivity contribution in [2.75, 3.05) is 32.8 Å². The van der Waals surface area contributed by atoms with E-state index in [2.05, 4.69) is 47.4 Å². The Balaban J connectivity index is 1.69. The third kappa shape index (κ3) is 4.35. The summed E-state index contributed by atoms with van der Waals surface area (Å²) in [5, 5.41) is 3.47. The summed E-state index contributed by atoms with van der Waals surface area (Å²) in [5.41, 5.74) is 1.34. The highest BCUT2D eigenvalue weighted by Gasteiger charge is 2.01. The minimum absolute atomic E-state index is 0.703. The number of hydrogen-bond acceptors (Lipinski definition) is 3. The maximum absolute atomic E-state index is 5.70. The lowest BCUT2D eigenvalue weighted by Gasteiger charge is -2.16. The fourth-order valence-corrected chi connectivity index (χ4v) is 2.91. The molecule has 2 nitrogen and oxygen atoms in total. The van der Waals surface area contributed by atoms with Crippen LogP contribution in [0.2, 0.25) is 0 Å². The maximum Gasteiger partial charge on any atom is 0.0599 e. The van der Waals surface area contributed by atoms with Crippen LogP contribution in [0.15, 0.2) is 29.6 Å². The molecule has 0 saturated carbocycles. The van der Waals surface area contributed by atoms with Crippen molar-refractivity contribution < 1.29 is 4.74 Å². The van der Waals surface area contributed by atoms with Gasteiger partial charge in [-0.3, -0.25) is 4.90 Å². The number of hydrogen-bond donors (Lipinski definition) is 0. The first-order valence-corrected chi connectivity index (χ1v) is 7.91. The third-order valence-electron chi connectivity index (χ3n) is 3.37. The van der Waals surface area contributed by atoms with Gasteiger partial charge in [0.05, 0.1) is 19.8 Å². The van der Waals surface area contributed by atoms with Crippen LogP contribution in [0.25, 0.3) is 10.1 Å². The molecule has 1 aromatic heterocycles. The molecule has 2 rings (SSSR count). The molecule has 0 fully saturated rings. The van der Waals surface area contributed by atoms with E-state index in [1.807, 2.05) is 0 Å². The molecule has 20 heavy (non-hydrogen) atoms. The van der Waals surface area contributed by atoms with Gasteiger partial charge in [-0.05, 0) is 41.4 Å². The number of thiophene rings is 1. The summed E-state index contributed by atoms with van der Waals surface area (Å²) in [5.74, 6) is 2.67. The number of nitrogens with zero attached hydrogens (tertiary/aromatic N) is 1. The number of benzene rings is 1. The lowest BCUT2D eigenvalue weighted by atomic mass is 10.1. The van der Waals surface area contributed by atoms with Crippen molar-refractivity contribution >= 4 is 21.4 Å². The van der Waals surface area contributed by atoms with Crippen molar-refractivity contribution in [2.24, 2.45) is 0 Å². The van der Waals surface area contributed by atoms with Crippen molar-refractivity contribution in [3.8, 4) is 12.3 Å². The number of rotatable bonds is 8. The monoisotopic (exact) mass is 287 g/mol. The van der Waals surface area contributed by atoms with Gasteiger partial charge < -0.3 is 4.74 Å². The second-order valence-corrected chi connectivity index (χ2v) is 5.68. The molecule has 0 saturated heterocycles. The molecular formula is C17H21NOS. The van der Waals surface area contributed by atoms with Gasteiger partial charge in [0.25, 0.3) is 0 Å². The summed E-state index contributed by atoms with van der Waals surface area (Å²) in [6.45, 7) is 6.22. The van der Waals surface area contributed by atoms with E-state index in [0.717, 1.165) is 32.7 Å². The number of terminal acetylenes is 1. The van der Waals surface area contributed by atoms with Gasteiger partial charge in [-0.1, -0.05) is 25.0 Å². The summed E-state index contributed by atoms with van der Waals surface area (Å²) in [6, 6.07) is 8.81. The Bertz CT molecular complexity index is 570. The van der Waals surface area contributed by atoms with Crippen molar-refractivity contribution in [3.05, 3.63) is 35.2 Å². The molecular weight excluding hydrogens is 266 g/mol. The molecule has 0 spiro atoms. The second kappa shape index (κ2) is 8.06. The molecule has 0 unspecified atom stereocenters. The molecule has 2 aromatic rings. The van der Waals surface area contributed by atoms with Crippen LogP contribution in [0.3, 0.4) is 0 Å². The molecule has 0 radical (unpaired) electrons. The average Bonchev–Trinajstić information content (AvgIpc) is 2.93. The van der Waals surface area contributed by atoms with Gasteiger partial charge in [0, 0.05) is 11.2 Å². The largest absolute Gasteiger partial charge is 0.380 e. The fraction of sp³-hybridized carbons (Fsp3) is 0.412. The Hall–Kier alpha value is -1.34. The molecule has 1 heterocycles. The average molecular weight is 287 g/mol. The van der Waals surface area contributed by atoms with E-state index < -0.39 is 0 Å². The molecule has 0 N–H and O–H groups in total. The Labute approximate surface area is 125 Å². The smallest absolute Gasteiger partial charge is 0.0599 e. The molecule has 106 valence electrons. The standard InChI is InChI=1S/C17H21NOS/c1-3-9-18(4-2)10-12-19-11-7-15-5-6-17-16(14-15)8-13-20-17/h1,5-6,8,13-14H,4,7,9-12H2,2H3. The van der Waals surface area contributed by atoms with Crippen LogP contribution in [-0.2, 0) is 11.2 Å². The SMILES string of the molecule is C#CCN(CC)CCOCCc1ccc2sccc2c1. The maximum atomic E-state index is 5.70. The van der Waals surface area contributed by atoms with E-state index in [9.17, 15) is 0 Å². The van der Waals surface area contributed by atoms with Crippen molar-refractivity contribution in [3.63, 3.8) is 0 Å². The zero-order valence-corrected chi connectivity index (χ0v) is 12.8. The molecule has 1 aromatic carbocycles. The number of likely N-dealkylation sites (N-methyl/N-ethyl adjacent to an activating group) is 1. The van der Waals surface area contributed by atoms with Crippen molar-refractivity contribution in [2.45, 2.75) is 13.3 Å². The zero-order valence-electron chi connectivity index (χ0n) is 12.0. The Morgan fingerprint density at radius 1 is 1.30 bits per heavy atom. The molecule has 0 atom stereocenters. The zero-order chi connectivity index (χ0) is 14.2. The van der Waals surface area contributed by atoms with E-state index in [-0.39, 0.29) is 0 Å². The van der Waals surface area contributed by atoms with Crippen LogP contribution in [0, 0.1) is 12.3 Å². The van der Waals surface area contributed by atoms with Crippen molar-refractivity contribution in [1.29, 1.82) is 0 Å². The van der Waals surface area contributed by atoms with E-state index in [1.165, 1.54) is 15.6 Å². The predicted molar refractivity (Wildman–Crippen MR) is 87.3 cm³/mol. The summed E-state index contributed by atoms with van der Waals surface area (Å²) < 4.78 is 7.05. The quantitative estimate of drug-likeness (QED) is 0.545. The van der Waals surface area contributed by atoms with E-state index in [0.29, 0.717) is 6.54 Å². The van der Waals surface area contributed by atoms with Gasteiger partial charge in [0.1, 0.15) is 0 Å². The molecule has 3 heteroatoms. The summed E-state index contributed by atoms with van der Waals surface area (Å²) in [4.78, 5) is 2.21. The normalized spacial score (nSPS) is 11.1.